The highest BCUT2D eigenvalue weighted by molar-refractivity contribution is 5.96. The number of nitrogens with two attached hydrogens (primary N) is 1. The Kier molecular flexibility index (Phi) is 8.00. The van der Waals surface area contributed by atoms with Crippen LogP contribution < -0.4 is 10.5 Å². The first-order valence-corrected chi connectivity index (χ1v) is 7.58. The summed E-state index contributed by atoms with van der Waals surface area (Å²) in [6.07, 6.45) is 6.20. The lowest BCUT2D eigenvalue weighted by molar-refractivity contribution is 0.0964. The third-order valence-electron chi connectivity index (χ3n) is 3.41. The number of ketones is 1. The number of nitrogens with zero attached hydrogens (tertiary/aromatic N) is 3. The lowest BCUT2D eigenvalue weighted by Crippen LogP contribution is -2.21. The van der Waals surface area contributed by atoms with E-state index in [9.17, 15) is 4.79 Å². The molecule has 2 N–H and O–H groups in total. The van der Waals surface area contributed by atoms with Crippen LogP contribution in [0.5, 0.6) is 5.75 Å². The molecule has 0 fully saturated rings. The molecule has 0 atom stereocenters. The van der Waals surface area contributed by atoms with Crippen molar-refractivity contribution in [3.8, 4) is 5.75 Å². The normalized spacial score (nSPS) is 11.1. The van der Waals surface area contributed by atoms with E-state index in [0.717, 1.165) is 38.8 Å². The molecule has 1 rings (SSSR count). The molecule has 0 saturated carbocycles. The Hall–Kier alpha value is -1.40. The zero-order valence-corrected chi connectivity index (χ0v) is 13.5. The van der Waals surface area contributed by atoms with Gasteiger partial charge < -0.3 is 15.4 Å². The van der Waals surface area contributed by atoms with Crippen molar-refractivity contribution in [1.29, 1.82) is 0 Å². The van der Waals surface area contributed by atoms with Crippen molar-refractivity contribution in [2.75, 3.05) is 34.3 Å². The lowest BCUT2D eigenvalue weighted by atomic mass is 10.1. The quantitative estimate of drug-likeness (QED) is 0.495. The van der Waals surface area contributed by atoms with E-state index in [4.69, 9.17) is 10.5 Å². The van der Waals surface area contributed by atoms with Gasteiger partial charge in [0.05, 0.1) is 19.9 Å². The van der Waals surface area contributed by atoms with Crippen LogP contribution in [0.1, 0.15) is 42.6 Å². The number of carbonyl (C=O) groups is 1. The molecule has 1 aromatic heterocycles. The summed E-state index contributed by atoms with van der Waals surface area (Å²) in [7, 11) is 5.57. The van der Waals surface area contributed by atoms with Gasteiger partial charge in [-0.1, -0.05) is 12.8 Å². The van der Waals surface area contributed by atoms with E-state index in [1.54, 1.807) is 18.0 Å². The minimum Gasteiger partial charge on any atom is -0.493 e. The lowest BCUT2D eigenvalue weighted by Gasteiger charge is -2.12. The van der Waals surface area contributed by atoms with Gasteiger partial charge in [-0.15, -0.1) is 0 Å². The number of aromatic nitrogens is 2. The molecule has 21 heavy (non-hydrogen) atoms. The Labute approximate surface area is 127 Å². The highest BCUT2D eigenvalue weighted by Gasteiger charge is 2.18. The number of likely N-dealkylation sites (N-methyl/N-ethyl adjacent to an activating group) is 1. The van der Waals surface area contributed by atoms with Gasteiger partial charge in [-0.25, -0.2) is 0 Å². The first-order valence-electron chi connectivity index (χ1n) is 7.58. The van der Waals surface area contributed by atoms with Gasteiger partial charge in [0.15, 0.2) is 11.5 Å². The standard InChI is InChI=1S/C15H28N4O2/c1-18(2)10-11-19-15(14(21-3)12-17-19)13(20)8-6-4-5-7-9-16/h12H,4-11,16H2,1-3H3. The number of unbranched alkanes of at least 4 members (excludes halogenated alkanes) is 3. The molecular formula is C15H28N4O2. The van der Waals surface area contributed by atoms with Gasteiger partial charge in [0.2, 0.25) is 0 Å². The zero-order valence-electron chi connectivity index (χ0n) is 13.5. The molecule has 1 heterocycles. The van der Waals surface area contributed by atoms with Crippen LogP contribution in [0.4, 0.5) is 0 Å². The summed E-state index contributed by atoms with van der Waals surface area (Å²) in [6.45, 7) is 2.24. The summed E-state index contributed by atoms with van der Waals surface area (Å²) >= 11 is 0. The molecule has 6 nitrogen and oxygen atoms in total. The molecule has 6 heteroatoms. The maximum Gasteiger partial charge on any atom is 0.184 e. The maximum atomic E-state index is 12.4. The molecule has 0 radical (unpaired) electrons. The number of hydrogen-bond acceptors (Lipinski definition) is 5. The van der Waals surface area contributed by atoms with Crippen molar-refractivity contribution in [3.05, 3.63) is 11.9 Å². The van der Waals surface area contributed by atoms with Crippen LogP contribution in [0, 0.1) is 0 Å². The van der Waals surface area contributed by atoms with Gasteiger partial charge in [-0.05, 0) is 33.5 Å². The van der Waals surface area contributed by atoms with Crippen LogP contribution in [0.2, 0.25) is 0 Å². The van der Waals surface area contributed by atoms with Gasteiger partial charge in [0, 0.05) is 13.0 Å². The summed E-state index contributed by atoms with van der Waals surface area (Å²) in [5.41, 5.74) is 6.06. The highest BCUT2D eigenvalue weighted by Crippen LogP contribution is 2.20. The van der Waals surface area contributed by atoms with Crippen LogP contribution >= 0.6 is 0 Å². The maximum absolute atomic E-state index is 12.4. The minimum atomic E-state index is 0.107. The first-order chi connectivity index (χ1) is 10.1. The molecule has 0 aliphatic carbocycles. The molecule has 0 bridgehead atoms. The fourth-order valence-electron chi connectivity index (χ4n) is 2.17. The Balaban J connectivity index is 2.61. The van der Waals surface area contributed by atoms with Crippen LogP contribution in [0.3, 0.4) is 0 Å². The second kappa shape index (κ2) is 9.52. The fraction of sp³-hybridized carbons (Fsp3) is 0.733. The average Bonchev–Trinajstić information content (AvgIpc) is 2.87. The van der Waals surface area contributed by atoms with Crippen molar-refractivity contribution in [3.63, 3.8) is 0 Å². The summed E-state index contributed by atoms with van der Waals surface area (Å²) < 4.78 is 7.02. The largest absolute Gasteiger partial charge is 0.493 e. The van der Waals surface area contributed by atoms with Gasteiger partial charge in [0.25, 0.3) is 0 Å². The molecule has 0 amide bonds. The molecular weight excluding hydrogens is 268 g/mol. The van der Waals surface area contributed by atoms with E-state index in [1.165, 1.54) is 0 Å². The Morgan fingerprint density at radius 1 is 1.33 bits per heavy atom. The molecule has 0 spiro atoms. The van der Waals surface area contributed by atoms with Crippen molar-refractivity contribution in [2.45, 2.75) is 38.6 Å². The van der Waals surface area contributed by atoms with Crippen LogP contribution in [0.25, 0.3) is 0 Å². The Morgan fingerprint density at radius 2 is 2.05 bits per heavy atom. The summed E-state index contributed by atoms with van der Waals surface area (Å²) in [4.78, 5) is 14.5. The predicted molar refractivity (Wildman–Crippen MR) is 83.8 cm³/mol. The van der Waals surface area contributed by atoms with E-state index in [0.29, 0.717) is 24.4 Å². The number of methoxy groups -OCH3 is 1. The molecule has 0 unspecified atom stereocenters. The number of Topliss-reactive ketones (excluding diaryl/α,β-unsaturated/α-hetero) is 1. The molecule has 0 aliphatic rings. The average molecular weight is 296 g/mol. The Morgan fingerprint density at radius 3 is 2.67 bits per heavy atom. The van der Waals surface area contributed by atoms with Gasteiger partial charge in [-0.3, -0.25) is 9.48 Å². The van der Waals surface area contributed by atoms with Crippen LogP contribution in [0.15, 0.2) is 6.20 Å². The predicted octanol–water partition coefficient (Wildman–Crippen LogP) is 1.55. The monoisotopic (exact) mass is 296 g/mol. The fourth-order valence-corrected chi connectivity index (χ4v) is 2.17. The van der Waals surface area contributed by atoms with Crippen molar-refractivity contribution in [1.82, 2.24) is 14.7 Å². The van der Waals surface area contributed by atoms with Gasteiger partial charge >= 0.3 is 0 Å². The van der Waals surface area contributed by atoms with Crippen LogP contribution in [-0.2, 0) is 6.54 Å². The van der Waals surface area contributed by atoms with E-state index >= 15 is 0 Å². The number of rotatable bonds is 11. The zero-order chi connectivity index (χ0) is 15.7. The van der Waals surface area contributed by atoms with Crippen molar-refractivity contribution >= 4 is 5.78 Å². The third-order valence-corrected chi connectivity index (χ3v) is 3.41. The van der Waals surface area contributed by atoms with Crippen LogP contribution in [-0.4, -0.2) is 54.8 Å². The van der Waals surface area contributed by atoms with E-state index in [1.807, 2.05) is 14.1 Å². The van der Waals surface area contributed by atoms with Gasteiger partial charge in [0.1, 0.15) is 5.69 Å². The Bertz CT molecular complexity index is 429. The third kappa shape index (κ3) is 5.85. The van der Waals surface area contributed by atoms with Crippen molar-refractivity contribution < 1.29 is 9.53 Å². The second-order valence-electron chi connectivity index (χ2n) is 5.46. The SMILES string of the molecule is COc1cnn(CCN(C)C)c1C(=O)CCCCCCN. The van der Waals surface area contributed by atoms with E-state index < -0.39 is 0 Å². The molecule has 0 aliphatic heterocycles. The van der Waals surface area contributed by atoms with Gasteiger partial charge in [-0.2, -0.15) is 5.10 Å². The first kappa shape index (κ1) is 17.7. The second-order valence-corrected chi connectivity index (χ2v) is 5.46. The molecule has 0 saturated heterocycles. The summed E-state index contributed by atoms with van der Waals surface area (Å²) in [6, 6.07) is 0. The minimum absolute atomic E-state index is 0.107. The topological polar surface area (TPSA) is 73.4 Å². The van der Waals surface area contributed by atoms with Crippen molar-refractivity contribution in [2.24, 2.45) is 5.73 Å². The molecule has 1 aromatic rings. The number of ether oxygens (including phenoxy) is 1. The summed E-state index contributed by atoms with van der Waals surface area (Å²) in [5.74, 6) is 0.677. The number of hydrogen-bond donors (Lipinski definition) is 1. The smallest absolute Gasteiger partial charge is 0.184 e. The number of carbonyl (C=O) groups excluding carboxylic acids is 1. The molecule has 120 valence electrons. The van der Waals surface area contributed by atoms with E-state index in [2.05, 4.69) is 10.00 Å². The highest BCUT2D eigenvalue weighted by atomic mass is 16.5. The van der Waals surface area contributed by atoms with E-state index in [-0.39, 0.29) is 5.78 Å². The summed E-state index contributed by atoms with van der Waals surface area (Å²) in [5, 5.41) is 4.27. The molecule has 0 aromatic carbocycles.